The first-order valence-corrected chi connectivity index (χ1v) is 5.88. The number of benzene rings is 1. The van der Waals surface area contributed by atoms with Gasteiger partial charge in [0.05, 0.1) is 11.9 Å². The minimum Gasteiger partial charge on any atom is -0.311 e. The van der Waals surface area contributed by atoms with E-state index >= 15 is 0 Å². The maximum Gasteiger partial charge on any atom is 0.154 e. The Balaban J connectivity index is 2.23. The van der Waals surface area contributed by atoms with Crippen LogP contribution in [0.4, 0.5) is 13.2 Å². The van der Waals surface area contributed by atoms with E-state index in [1.807, 2.05) is 6.92 Å². The molecule has 0 saturated carbocycles. The Kier molecular flexibility index (Phi) is 4.16. The summed E-state index contributed by atoms with van der Waals surface area (Å²) in [5, 5.41) is 10.5. The molecule has 1 N–H and O–H groups in total. The van der Waals surface area contributed by atoms with E-state index in [1.165, 1.54) is 6.20 Å². The highest BCUT2D eigenvalue weighted by atomic mass is 19.1. The minimum atomic E-state index is -1.02. The largest absolute Gasteiger partial charge is 0.311 e. The van der Waals surface area contributed by atoms with E-state index in [4.69, 9.17) is 0 Å². The fraction of sp³-hybridized carbons (Fsp3) is 0.333. The molecular formula is C12H13F3N4. The van der Waals surface area contributed by atoms with Gasteiger partial charge in [0, 0.05) is 18.7 Å². The topological polar surface area (TPSA) is 42.7 Å². The van der Waals surface area contributed by atoms with E-state index in [-0.39, 0.29) is 0 Å². The maximum atomic E-state index is 13.5. The van der Waals surface area contributed by atoms with E-state index in [0.29, 0.717) is 24.4 Å². The molecule has 0 atom stereocenters. The molecule has 0 saturated heterocycles. The number of hydrogen-bond donors (Lipinski definition) is 1. The summed E-state index contributed by atoms with van der Waals surface area (Å²) in [6.45, 7) is 3.29. The molecule has 1 aromatic carbocycles. The summed E-state index contributed by atoms with van der Waals surface area (Å²) in [4.78, 5) is 0. The second-order valence-corrected chi connectivity index (χ2v) is 4.05. The van der Waals surface area contributed by atoms with Gasteiger partial charge in [-0.25, -0.2) is 17.9 Å². The highest BCUT2D eigenvalue weighted by molar-refractivity contribution is 5.34. The molecule has 7 heteroatoms. The highest BCUT2D eigenvalue weighted by Crippen LogP contribution is 2.18. The molecule has 2 rings (SSSR count). The molecule has 102 valence electrons. The van der Waals surface area contributed by atoms with Crippen molar-refractivity contribution >= 4 is 0 Å². The summed E-state index contributed by atoms with van der Waals surface area (Å²) in [6, 6.07) is 1.21. The third-order valence-electron chi connectivity index (χ3n) is 2.48. The molecule has 0 unspecified atom stereocenters. The standard InChI is InChI=1S/C12H13F3N4/c1-2-3-16-6-9-7-19(18-17-9)12-10(14)4-8(13)5-11(12)15/h4-5,7,16H,2-3,6H2,1H3. The second kappa shape index (κ2) is 5.83. The summed E-state index contributed by atoms with van der Waals surface area (Å²) in [5.41, 5.74) is 0.118. The average molecular weight is 270 g/mol. The maximum absolute atomic E-state index is 13.5. The van der Waals surface area contributed by atoms with Crippen LogP contribution in [0.25, 0.3) is 5.69 Å². The highest BCUT2D eigenvalue weighted by Gasteiger charge is 2.15. The predicted octanol–water partition coefficient (Wildman–Crippen LogP) is 2.18. The van der Waals surface area contributed by atoms with Gasteiger partial charge in [-0.1, -0.05) is 12.1 Å². The molecule has 0 spiro atoms. The van der Waals surface area contributed by atoms with Crippen molar-refractivity contribution in [1.82, 2.24) is 20.3 Å². The van der Waals surface area contributed by atoms with Crippen LogP contribution in [0.3, 0.4) is 0 Å². The van der Waals surface area contributed by atoms with Gasteiger partial charge >= 0.3 is 0 Å². The summed E-state index contributed by atoms with van der Waals surface area (Å²) in [7, 11) is 0. The Morgan fingerprint density at radius 2 is 1.89 bits per heavy atom. The third-order valence-corrected chi connectivity index (χ3v) is 2.48. The SMILES string of the molecule is CCCNCc1cn(-c2c(F)cc(F)cc2F)nn1. The van der Waals surface area contributed by atoms with Crippen LogP contribution in [0.2, 0.25) is 0 Å². The molecule has 0 amide bonds. The van der Waals surface area contributed by atoms with E-state index in [1.54, 1.807) is 0 Å². The number of hydrogen-bond acceptors (Lipinski definition) is 3. The molecule has 2 aromatic rings. The summed E-state index contributed by atoms with van der Waals surface area (Å²) < 4.78 is 40.8. The van der Waals surface area contributed by atoms with Crippen molar-refractivity contribution in [2.45, 2.75) is 19.9 Å². The van der Waals surface area contributed by atoms with Crippen molar-refractivity contribution in [3.05, 3.63) is 41.5 Å². The smallest absolute Gasteiger partial charge is 0.154 e. The summed E-state index contributed by atoms with van der Waals surface area (Å²) >= 11 is 0. The van der Waals surface area contributed by atoms with Gasteiger partial charge < -0.3 is 5.32 Å². The van der Waals surface area contributed by atoms with Gasteiger partial charge in [0.15, 0.2) is 11.6 Å². The number of nitrogens with zero attached hydrogens (tertiary/aromatic N) is 3. The van der Waals surface area contributed by atoms with Crippen molar-refractivity contribution < 1.29 is 13.2 Å². The third kappa shape index (κ3) is 3.11. The molecule has 0 aliphatic rings. The van der Waals surface area contributed by atoms with Crippen molar-refractivity contribution in [1.29, 1.82) is 0 Å². The predicted molar refractivity (Wildman–Crippen MR) is 63.2 cm³/mol. The first kappa shape index (κ1) is 13.5. The number of halogens is 3. The molecule has 19 heavy (non-hydrogen) atoms. The number of rotatable bonds is 5. The first-order valence-electron chi connectivity index (χ1n) is 5.88. The van der Waals surface area contributed by atoms with Crippen molar-refractivity contribution in [2.75, 3.05) is 6.54 Å². The van der Waals surface area contributed by atoms with Crippen molar-refractivity contribution in [3.63, 3.8) is 0 Å². The van der Waals surface area contributed by atoms with Gasteiger partial charge in [0.1, 0.15) is 11.5 Å². The Labute approximate surface area is 108 Å². The monoisotopic (exact) mass is 270 g/mol. The Bertz CT molecular complexity index is 545. The van der Waals surface area contributed by atoms with Crippen LogP contribution in [0, 0.1) is 17.5 Å². The van der Waals surface area contributed by atoms with Crippen LogP contribution < -0.4 is 5.32 Å². The molecule has 0 radical (unpaired) electrons. The molecule has 1 heterocycles. The Morgan fingerprint density at radius 3 is 2.53 bits per heavy atom. The van der Waals surface area contributed by atoms with Crippen LogP contribution >= 0.6 is 0 Å². The van der Waals surface area contributed by atoms with Crippen molar-refractivity contribution in [3.8, 4) is 5.69 Å². The zero-order valence-electron chi connectivity index (χ0n) is 10.3. The van der Waals surface area contributed by atoms with E-state index in [2.05, 4.69) is 15.6 Å². The van der Waals surface area contributed by atoms with Gasteiger partial charge in [-0.2, -0.15) is 0 Å². The molecule has 0 fully saturated rings. The van der Waals surface area contributed by atoms with Gasteiger partial charge in [-0.3, -0.25) is 0 Å². The lowest BCUT2D eigenvalue weighted by atomic mass is 10.3. The number of nitrogens with one attached hydrogen (secondary N) is 1. The molecule has 4 nitrogen and oxygen atoms in total. The van der Waals surface area contributed by atoms with Crippen molar-refractivity contribution in [2.24, 2.45) is 0 Å². The first-order chi connectivity index (χ1) is 9.11. The van der Waals surface area contributed by atoms with Crippen LogP contribution in [0.5, 0.6) is 0 Å². The van der Waals surface area contributed by atoms with Crippen LogP contribution in [-0.2, 0) is 6.54 Å². The summed E-state index contributed by atoms with van der Waals surface area (Å²) in [5.74, 6) is -3.00. The fourth-order valence-corrected chi connectivity index (χ4v) is 1.64. The van der Waals surface area contributed by atoms with Gasteiger partial charge in [-0.15, -0.1) is 5.10 Å². The Hall–Kier alpha value is -1.89. The summed E-state index contributed by atoms with van der Waals surface area (Å²) in [6.07, 6.45) is 2.37. The molecule has 1 aromatic heterocycles. The quantitative estimate of drug-likeness (QED) is 0.847. The van der Waals surface area contributed by atoms with E-state index in [0.717, 1.165) is 17.6 Å². The van der Waals surface area contributed by atoms with E-state index < -0.39 is 23.1 Å². The zero-order valence-corrected chi connectivity index (χ0v) is 10.3. The lowest BCUT2D eigenvalue weighted by Crippen LogP contribution is -2.13. The lowest BCUT2D eigenvalue weighted by Gasteiger charge is -2.03. The van der Waals surface area contributed by atoms with Crippen LogP contribution in [-0.4, -0.2) is 21.5 Å². The van der Waals surface area contributed by atoms with Crippen LogP contribution in [0.15, 0.2) is 18.3 Å². The molecule has 0 aliphatic carbocycles. The Morgan fingerprint density at radius 1 is 1.21 bits per heavy atom. The lowest BCUT2D eigenvalue weighted by molar-refractivity contribution is 0.526. The van der Waals surface area contributed by atoms with Gasteiger partial charge in [-0.05, 0) is 13.0 Å². The minimum absolute atomic E-state index is 0.435. The number of aromatic nitrogens is 3. The molecule has 0 aliphatic heterocycles. The zero-order chi connectivity index (χ0) is 13.8. The molecule has 0 bridgehead atoms. The van der Waals surface area contributed by atoms with E-state index in [9.17, 15) is 13.2 Å². The van der Waals surface area contributed by atoms with Gasteiger partial charge in [0.2, 0.25) is 0 Å². The second-order valence-electron chi connectivity index (χ2n) is 4.05. The van der Waals surface area contributed by atoms with Gasteiger partial charge in [0.25, 0.3) is 0 Å². The fourth-order valence-electron chi connectivity index (χ4n) is 1.64. The normalized spacial score (nSPS) is 10.9. The molecular weight excluding hydrogens is 257 g/mol. The van der Waals surface area contributed by atoms with Crippen LogP contribution in [0.1, 0.15) is 19.0 Å². The average Bonchev–Trinajstić information content (AvgIpc) is 2.76.